The number of anilines is 1. The molecule has 106 valence electrons. The first-order valence-electron chi connectivity index (χ1n) is 6.95. The van der Waals surface area contributed by atoms with Gasteiger partial charge in [-0.05, 0) is 38.4 Å². The Balaban J connectivity index is 2.61. The lowest BCUT2D eigenvalue weighted by molar-refractivity contribution is 0.545. The molecule has 0 aliphatic rings. The van der Waals surface area contributed by atoms with Crippen LogP contribution in [-0.4, -0.2) is 29.3 Å². The lowest BCUT2D eigenvalue weighted by Crippen LogP contribution is -2.31. The first-order valence-corrected chi connectivity index (χ1v) is 6.95. The van der Waals surface area contributed by atoms with Gasteiger partial charge in [-0.3, -0.25) is 0 Å². The van der Waals surface area contributed by atoms with Crippen LogP contribution in [0.25, 0.3) is 0 Å². The maximum absolute atomic E-state index is 4.30. The average molecular weight is 262 g/mol. The minimum Gasteiger partial charge on any atom is -0.349 e. The molecule has 0 fully saturated rings. The first-order chi connectivity index (χ1) is 9.04. The molecule has 0 aromatic carbocycles. The molecule has 0 aliphatic carbocycles. The molecule has 0 unspecified atom stereocenters. The van der Waals surface area contributed by atoms with Crippen LogP contribution >= 0.6 is 0 Å². The first kappa shape index (κ1) is 15.6. The molecule has 19 heavy (non-hydrogen) atoms. The summed E-state index contributed by atoms with van der Waals surface area (Å²) in [6.07, 6.45) is 1.89. The maximum atomic E-state index is 4.30. The van der Waals surface area contributed by atoms with Gasteiger partial charge < -0.3 is 10.2 Å². The Kier molecular flexibility index (Phi) is 6.50. The highest BCUT2D eigenvalue weighted by Gasteiger charge is 2.10. The predicted octanol–water partition coefficient (Wildman–Crippen LogP) is 2.62. The normalized spacial score (nSPS) is 11.1. The van der Waals surface area contributed by atoms with Crippen LogP contribution in [0.1, 0.15) is 33.4 Å². The third-order valence-electron chi connectivity index (χ3n) is 2.81. The SMILES string of the molecule is C=CCN(c1ccc(CNCC(C)C)nn1)C(C)C. The van der Waals surface area contributed by atoms with Crippen LogP contribution in [0.2, 0.25) is 0 Å². The van der Waals surface area contributed by atoms with Crippen molar-refractivity contribution in [3.63, 3.8) is 0 Å². The van der Waals surface area contributed by atoms with Crippen LogP contribution < -0.4 is 10.2 Å². The van der Waals surface area contributed by atoms with Gasteiger partial charge in [0.1, 0.15) is 0 Å². The lowest BCUT2D eigenvalue weighted by Gasteiger charge is -2.25. The van der Waals surface area contributed by atoms with Crippen molar-refractivity contribution in [1.29, 1.82) is 0 Å². The smallest absolute Gasteiger partial charge is 0.151 e. The van der Waals surface area contributed by atoms with Crippen molar-refractivity contribution in [1.82, 2.24) is 15.5 Å². The van der Waals surface area contributed by atoms with E-state index in [1.807, 2.05) is 18.2 Å². The standard InChI is InChI=1S/C15H26N4/c1-6-9-19(13(4)5)15-8-7-14(17-18-15)11-16-10-12(2)3/h6-8,12-13,16H,1,9-11H2,2-5H3. The van der Waals surface area contributed by atoms with Gasteiger partial charge >= 0.3 is 0 Å². The molecule has 1 rings (SSSR count). The summed E-state index contributed by atoms with van der Waals surface area (Å²) in [5.74, 6) is 1.55. The highest BCUT2D eigenvalue weighted by atomic mass is 15.3. The van der Waals surface area contributed by atoms with Crippen LogP contribution in [0.3, 0.4) is 0 Å². The molecule has 0 bridgehead atoms. The molecule has 4 heteroatoms. The third kappa shape index (κ3) is 5.39. The predicted molar refractivity (Wildman–Crippen MR) is 81.3 cm³/mol. The second kappa shape index (κ2) is 7.89. The average Bonchev–Trinajstić information content (AvgIpc) is 2.36. The molecule has 0 saturated heterocycles. The number of hydrogen-bond acceptors (Lipinski definition) is 4. The van der Waals surface area contributed by atoms with E-state index >= 15 is 0 Å². The molecule has 0 aliphatic heterocycles. The van der Waals surface area contributed by atoms with Crippen molar-refractivity contribution in [2.75, 3.05) is 18.0 Å². The molecular weight excluding hydrogens is 236 g/mol. The molecule has 0 atom stereocenters. The summed E-state index contributed by atoms with van der Waals surface area (Å²) < 4.78 is 0. The van der Waals surface area contributed by atoms with Gasteiger partial charge in [-0.1, -0.05) is 19.9 Å². The van der Waals surface area contributed by atoms with Crippen molar-refractivity contribution in [2.24, 2.45) is 5.92 Å². The van der Waals surface area contributed by atoms with Crippen molar-refractivity contribution >= 4 is 5.82 Å². The lowest BCUT2D eigenvalue weighted by atomic mass is 10.2. The van der Waals surface area contributed by atoms with Gasteiger partial charge in [0, 0.05) is 19.1 Å². The monoisotopic (exact) mass is 262 g/mol. The molecule has 1 aromatic heterocycles. The summed E-state index contributed by atoms with van der Waals surface area (Å²) in [6, 6.07) is 4.45. The van der Waals surface area contributed by atoms with Gasteiger partial charge in [0.25, 0.3) is 0 Å². The Bertz CT molecular complexity index is 370. The molecule has 0 saturated carbocycles. The zero-order chi connectivity index (χ0) is 14.3. The van der Waals surface area contributed by atoms with Crippen molar-refractivity contribution in [2.45, 2.75) is 40.3 Å². The maximum Gasteiger partial charge on any atom is 0.151 e. The zero-order valence-electron chi connectivity index (χ0n) is 12.6. The number of aromatic nitrogens is 2. The topological polar surface area (TPSA) is 41.0 Å². The largest absolute Gasteiger partial charge is 0.349 e. The van der Waals surface area contributed by atoms with Crippen molar-refractivity contribution in [3.05, 3.63) is 30.5 Å². The molecule has 0 spiro atoms. The van der Waals surface area contributed by atoms with Gasteiger partial charge in [-0.25, -0.2) is 0 Å². The second-order valence-corrected chi connectivity index (χ2v) is 5.44. The number of rotatable bonds is 8. The summed E-state index contributed by atoms with van der Waals surface area (Å²) in [7, 11) is 0. The molecule has 1 N–H and O–H groups in total. The Morgan fingerprint density at radius 3 is 2.47 bits per heavy atom. The second-order valence-electron chi connectivity index (χ2n) is 5.44. The number of nitrogens with one attached hydrogen (secondary N) is 1. The number of hydrogen-bond donors (Lipinski definition) is 1. The van der Waals surface area contributed by atoms with E-state index in [-0.39, 0.29) is 0 Å². The van der Waals surface area contributed by atoms with Crippen LogP contribution in [0.4, 0.5) is 5.82 Å². The summed E-state index contributed by atoms with van der Waals surface area (Å²) in [6.45, 7) is 15.0. The Morgan fingerprint density at radius 1 is 1.26 bits per heavy atom. The van der Waals surface area contributed by atoms with Crippen LogP contribution in [0, 0.1) is 5.92 Å². The van der Waals surface area contributed by atoms with E-state index in [4.69, 9.17) is 0 Å². The molecule has 1 aromatic rings. The molecule has 4 nitrogen and oxygen atoms in total. The number of nitrogens with zero attached hydrogens (tertiary/aromatic N) is 3. The fraction of sp³-hybridized carbons (Fsp3) is 0.600. The van der Waals surface area contributed by atoms with Gasteiger partial charge in [-0.2, -0.15) is 5.10 Å². The van der Waals surface area contributed by atoms with Crippen LogP contribution in [-0.2, 0) is 6.54 Å². The van der Waals surface area contributed by atoms with E-state index < -0.39 is 0 Å². The van der Waals surface area contributed by atoms with Crippen LogP contribution in [0.15, 0.2) is 24.8 Å². The minimum absolute atomic E-state index is 0.386. The van der Waals surface area contributed by atoms with Gasteiger partial charge in [0.2, 0.25) is 0 Å². The zero-order valence-corrected chi connectivity index (χ0v) is 12.6. The van der Waals surface area contributed by atoms with Gasteiger partial charge in [-0.15, -0.1) is 11.7 Å². The molecule has 1 heterocycles. The van der Waals surface area contributed by atoms with Gasteiger partial charge in [0.15, 0.2) is 5.82 Å². The van der Waals surface area contributed by atoms with Crippen molar-refractivity contribution < 1.29 is 0 Å². The Morgan fingerprint density at radius 2 is 2.00 bits per heavy atom. The van der Waals surface area contributed by atoms with Gasteiger partial charge in [0.05, 0.1) is 5.69 Å². The van der Waals surface area contributed by atoms with E-state index in [1.54, 1.807) is 0 Å². The van der Waals surface area contributed by atoms with E-state index in [9.17, 15) is 0 Å². The fourth-order valence-corrected chi connectivity index (χ4v) is 1.80. The molecule has 0 amide bonds. The molecule has 0 radical (unpaired) electrons. The third-order valence-corrected chi connectivity index (χ3v) is 2.81. The Hall–Kier alpha value is -1.42. The van der Waals surface area contributed by atoms with Crippen LogP contribution in [0.5, 0.6) is 0 Å². The van der Waals surface area contributed by atoms with E-state index in [0.717, 1.165) is 31.1 Å². The highest BCUT2D eigenvalue weighted by Crippen LogP contribution is 2.12. The van der Waals surface area contributed by atoms with E-state index in [2.05, 4.69) is 54.7 Å². The summed E-state index contributed by atoms with van der Waals surface area (Å²) in [5.41, 5.74) is 0.978. The summed E-state index contributed by atoms with van der Waals surface area (Å²) >= 11 is 0. The summed E-state index contributed by atoms with van der Waals surface area (Å²) in [4.78, 5) is 2.17. The Labute approximate surface area is 116 Å². The quantitative estimate of drug-likeness (QED) is 0.731. The minimum atomic E-state index is 0.386. The fourth-order valence-electron chi connectivity index (χ4n) is 1.80. The van der Waals surface area contributed by atoms with Crippen molar-refractivity contribution in [3.8, 4) is 0 Å². The van der Waals surface area contributed by atoms with E-state index in [1.165, 1.54) is 0 Å². The summed E-state index contributed by atoms with van der Waals surface area (Å²) in [5, 5.41) is 11.9. The highest BCUT2D eigenvalue weighted by molar-refractivity contribution is 5.39. The molecular formula is C15H26N4. The van der Waals surface area contributed by atoms with E-state index in [0.29, 0.717) is 12.0 Å².